The van der Waals surface area contributed by atoms with Crippen LogP contribution < -0.4 is 10.2 Å². The lowest BCUT2D eigenvalue weighted by molar-refractivity contribution is -0.134. The summed E-state index contributed by atoms with van der Waals surface area (Å²) in [5.41, 5.74) is 1.91. The molecule has 108 valence electrons. The maximum Gasteiger partial charge on any atom is 0.316 e. The van der Waals surface area contributed by atoms with E-state index < -0.39 is 11.8 Å². The number of hydrogen-bond donors (Lipinski definition) is 1. The number of aryl methyl sites for hydroxylation is 2. The summed E-state index contributed by atoms with van der Waals surface area (Å²) in [6.07, 6.45) is 1.78. The zero-order valence-electron chi connectivity index (χ0n) is 11.5. The molecular formula is C14H14N4O2S. The summed E-state index contributed by atoms with van der Waals surface area (Å²) >= 11 is 1.24. The van der Waals surface area contributed by atoms with Crippen LogP contribution in [0.4, 0.5) is 10.8 Å². The van der Waals surface area contributed by atoms with Crippen molar-refractivity contribution in [1.82, 2.24) is 10.2 Å². The molecule has 21 heavy (non-hydrogen) atoms. The topological polar surface area (TPSA) is 75.2 Å². The van der Waals surface area contributed by atoms with E-state index in [2.05, 4.69) is 15.5 Å². The molecule has 0 unspecified atom stereocenters. The van der Waals surface area contributed by atoms with Crippen LogP contribution in [0, 0.1) is 6.92 Å². The zero-order valence-corrected chi connectivity index (χ0v) is 12.3. The lowest BCUT2D eigenvalue weighted by atomic mass is 10.0. The summed E-state index contributed by atoms with van der Waals surface area (Å²) in [5.74, 6) is -1.24. The number of carbonyl (C=O) groups is 2. The molecule has 1 aliphatic rings. The molecule has 6 nitrogen and oxygen atoms in total. The van der Waals surface area contributed by atoms with Crippen LogP contribution in [0.1, 0.15) is 17.0 Å². The third kappa shape index (κ3) is 2.78. The Morgan fingerprint density at radius 2 is 2.10 bits per heavy atom. The van der Waals surface area contributed by atoms with Gasteiger partial charge in [0.15, 0.2) is 0 Å². The van der Waals surface area contributed by atoms with Crippen molar-refractivity contribution in [3.8, 4) is 0 Å². The number of nitrogens with one attached hydrogen (secondary N) is 1. The summed E-state index contributed by atoms with van der Waals surface area (Å²) in [6.45, 7) is 2.34. The van der Waals surface area contributed by atoms with E-state index in [-0.39, 0.29) is 0 Å². The Bertz CT molecular complexity index is 698. The van der Waals surface area contributed by atoms with E-state index in [0.717, 1.165) is 29.1 Å². The molecule has 0 radical (unpaired) electrons. The molecule has 0 fully saturated rings. The number of hydrogen-bond acceptors (Lipinski definition) is 5. The maximum atomic E-state index is 12.3. The standard InChI is InChI=1S/C14H14N4O2S/c1-9-16-17-14(21-9)15-12(19)13(20)18-8-4-6-10-5-2-3-7-11(10)18/h2-3,5,7H,4,6,8H2,1H3,(H,15,17,19). The first-order chi connectivity index (χ1) is 10.1. The summed E-state index contributed by atoms with van der Waals surface area (Å²) in [5, 5.41) is 11.2. The lowest BCUT2D eigenvalue weighted by Gasteiger charge is -2.28. The van der Waals surface area contributed by atoms with Gasteiger partial charge in [-0.1, -0.05) is 29.5 Å². The maximum absolute atomic E-state index is 12.3. The highest BCUT2D eigenvalue weighted by molar-refractivity contribution is 7.15. The van der Waals surface area contributed by atoms with Crippen molar-refractivity contribution in [2.24, 2.45) is 0 Å². The van der Waals surface area contributed by atoms with Gasteiger partial charge < -0.3 is 4.90 Å². The number of nitrogens with zero attached hydrogens (tertiary/aromatic N) is 3. The molecule has 3 rings (SSSR count). The predicted octanol–water partition coefficient (Wildman–Crippen LogP) is 1.76. The first-order valence-corrected chi connectivity index (χ1v) is 7.47. The first kappa shape index (κ1) is 13.7. The van der Waals surface area contributed by atoms with Gasteiger partial charge in [-0.25, -0.2) is 0 Å². The fraction of sp³-hybridized carbons (Fsp3) is 0.286. The average Bonchev–Trinajstić information content (AvgIpc) is 2.91. The van der Waals surface area contributed by atoms with Crippen molar-refractivity contribution in [2.75, 3.05) is 16.8 Å². The van der Waals surface area contributed by atoms with Gasteiger partial charge in [-0.2, -0.15) is 0 Å². The molecule has 1 aromatic carbocycles. The van der Waals surface area contributed by atoms with Crippen LogP contribution in [0.25, 0.3) is 0 Å². The smallest absolute Gasteiger partial charge is 0.304 e. The van der Waals surface area contributed by atoms with E-state index in [0.29, 0.717) is 11.7 Å². The fourth-order valence-electron chi connectivity index (χ4n) is 2.36. The van der Waals surface area contributed by atoms with Crippen LogP contribution in [0.2, 0.25) is 0 Å². The van der Waals surface area contributed by atoms with Crippen LogP contribution in [0.3, 0.4) is 0 Å². The number of para-hydroxylation sites is 1. The quantitative estimate of drug-likeness (QED) is 0.815. The number of anilines is 2. The average molecular weight is 302 g/mol. The minimum absolute atomic E-state index is 0.344. The molecular weight excluding hydrogens is 288 g/mol. The number of amides is 2. The highest BCUT2D eigenvalue weighted by atomic mass is 32.1. The summed E-state index contributed by atoms with van der Waals surface area (Å²) in [7, 11) is 0. The predicted molar refractivity (Wildman–Crippen MR) is 80.4 cm³/mol. The highest BCUT2D eigenvalue weighted by Gasteiger charge is 2.27. The van der Waals surface area contributed by atoms with E-state index in [1.54, 1.807) is 6.92 Å². The molecule has 1 aliphatic heterocycles. The van der Waals surface area contributed by atoms with Crippen LogP contribution >= 0.6 is 11.3 Å². The zero-order chi connectivity index (χ0) is 14.8. The summed E-state index contributed by atoms with van der Waals surface area (Å²) < 4.78 is 0. The Morgan fingerprint density at radius 3 is 2.86 bits per heavy atom. The third-order valence-electron chi connectivity index (χ3n) is 3.30. The normalized spacial score (nSPS) is 13.7. The monoisotopic (exact) mass is 302 g/mol. The highest BCUT2D eigenvalue weighted by Crippen LogP contribution is 2.27. The number of rotatable bonds is 1. The molecule has 1 aromatic heterocycles. The van der Waals surface area contributed by atoms with Crippen LogP contribution in [-0.2, 0) is 16.0 Å². The van der Waals surface area contributed by atoms with Crippen molar-refractivity contribution in [2.45, 2.75) is 19.8 Å². The Kier molecular flexibility index (Phi) is 3.66. The van der Waals surface area contributed by atoms with Gasteiger partial charge in [-0.15, -0.1) is 10.2 Å². The van der Waals surface area contributed by atoms with E-state index in [4.69, 9.17) is 0 Å². The van der Waals surface area contributed by atoms with Gasteiger partial charge in [0.05, 0.1) is 0 Å². The first-order valence-electron chi connectivity index (χ1n) is 6.66. The van der Waals surface area contributed by atoms with Gasteiger partial charge in [0.2, 0.25) is 5.13 Å². The van der Waals surface area contributed by atoms with Crippen molar-refractivity contribution in [1.29, 1.82) is 0 Å². The van der Waals surface area contributed by atoms with Gasteiger partial charge in [0.25, 0.3) is 0 Å². The molecule has 0 saturated heterocycles. The molecule has 2 heterocycles. The Labute approximate surface area is 125 Å². The second-order valence-corrected chi connectivity index (χ2v) is 5.95. The van der Waals surface area contributed by atoms with Crippen LogP contribution in [0.5, 0.6) is 0 Å². The van der Waals surface area contributed by atoms with Crippen molar-refractivity contribution in [3.05, 3.63) is 34.8 Å². The van der Waals surface area contributed by atoms with Crippen molar-refractivity contribution >= 4 is 34.0 Å². The third-order valence-corrected chi connectivity index (χ3v) is 4.05. The minimum atomic E-state index is -0.678. The second kappa shape index (κ2) is 5.61. The van der Waals surface area contributed by atoms with Gasteiger partial charge in [0.1, 0.15) is 5.01 Å². The molecule has 2 amide bonds. The van der Waals surface area contributed by atoms with Crippen LogP contribution in [-0.4, -0.2) is 28.6 Å². The van der Waals surface area contributed by atoms with E-state index in [9.17, 15) is 9.59 Å². The van der Waals surface area contributed by atoms with E-state index in [1.807, 2.05) is 24.3 Å². The molecule has 7 heteroatoms. The molecule has 2 aromatic rings. The van der Waals surface area contributed by atoms with E-state index >= 15 is 0 Å². The number of aromatic nitrogens is 2. The fourth-order valence-corrected chi connectivity index (χ4v) is 2.95. The summed E-state index contributed by atoms with van der Waals surface area (Å²) in [6, 6.07) is 7.67. The molecule has 0 spiro atoms. The van der Waals surface area contributed by atoms with Crippen molar-refractivity contribution in [3.63, 3.8) is 0 Å². The summed E-state index contributed by atoms with van der Waals surface area (Å²) in [4.78, 5) is 25.9. The number of benzene rings is 1. The molecule has 0 saturated carbocycles. The molecule has 0 atom stereocenters. The molecule has 0 bridgehead atoms. The Balaban J connectivity index is 1.78. The molecule has 1 N–H and O–H groups in total. The number of fused-ring (bicyclic) bond motifs is 1. The lowest BCUT2D eigenvalue weighted by Crippen LogP contribution is -2.42. The van der Waals surface area contributed by atoms with Crippen LogP contribution in [0.15, 0.2) is 24.3 Å². The van der Waals surface area contributed by atoms with Gasteiger partial charge >= 0.3 is 11.8 Å². The largest absolute Gasteiger partial charge is 0.316 e. The number of carbonyl (C=O) groups excluding carboxylic acids is 2. The van der Waals surface area contributed by atoms with E-state index in [1.165, 1.54) is 16.2 Å². The van der Waals surface area contributed by atoms with Gasteiger partial charge in [-0.05, 0) is 31.4 Å². The second-order valence-electron chi connectivity index (χ2n) is 4.77. The minimum Gasteiger partial charge on any atom is -0.304 e. The Morgan fingerprint density at radius 1 is 1.29 bits per heavy atom. The molecule has 0 aliphatic carbocycles. The van der Waals surface area contributed by atoms with Crippen molar-refractivity contribution < 1.29 is 9.59 Å². The van der Waals surface area contributed by atoms with Gasteiger partial charge in [-0.3, -0.25) is 14.9 Å². The SMILES string of the molecule is Cc1nnc(NC(=O)C(=O)N2CCCc3ccccc32)s1. The van der Waals surface area contributed by atoms with Gasteiger partial charge in [0, 0.05) is 12.2 Å². The Hall–Kier alpha value is -2.28.